The fourth-order valence-corrected chi connectivity index (χ4v) is 4.15. The maximum absolute atomic E-state index is 6.08. The van der Waals surface area contributed by atoms with Crippen molar-refractivity contribution in [2.45, 2.75) is 12.6 Å². The highest BCUT2D eigenvalue weighted by atomic mass is 16.5. The number of morpholine rings is 1. The Hall–Kier alpha value is -3.49. The van der Waals surface area contributed by atoms with E-state index in [0.717, 1.165) is 31.1 Å². The van der Waals surface area contributed by atoms with E-state index in [9.17, 15) is 0 Å². The van der Waals surface area contributed by atoms with Gasteiger partial charge in [0.05, 0.1) is 24.9 Å². The number of hydrogen-bond donors (Lipinski definition) is 1. The molecule has 1 N–H and O–H groups in total. The zero-order valence-electron chi connectivity index (χ0n) is 18.2. The largest absolute Gasteiger partial charge is 0.497 e. The number of aryl methyl sites for hydroxylation is 1. The molecule has 32 heavy (non-hydrogen) atoms. The average molecular weight is 431 g/mol. The van der Waals surface area contributed by atoms with Gasteiger partial charge in [0.2, 0.25) is 5.95 Å². The lowest BCUT2D eigenvalue weighted by Crippen LogP contribution is -2.38. The lowest BCUT2D eigenvalue weighted by atomic mass is 10.1. The Morgan fingerprint density at radius 3 is 2.88 bits per heavy atom. The van der Waals surface area contributed by atoms with Gasteiger partial charge in [-0.15, -0.1) is 0 Å². The molecule has 0 saturated carbocycles. The molecule has 8 heteroatoms. The second-order valence-electron chi connectivity index (χ2n) is 7.89. The first-order valence-corrected chi connectivity index (χ1v) is 10.7. The molecule has 8 nitrogen and oxygen atoms in total. The van der Waals surface area contributed by atoms with E-state index in [4.69, 9.17) is 14.5 Å². The second-order valence-corrected chi connectivity index (χ2v) is 7.89. The predicted octanol–water partition coefficient (Wildman–Crippen LogP) is 3.69. The van der Waals surface area contributed by atoms with Gasteiger partial charge in [0.15, 0.2) is 0 Å². The van der Waals surface area contributed by atoms with Crippen LogP contribution in [0, 0.1) is 0 Å². The number of nitrogens with zero attached hydrogens (tertiary/aromatic N) is 5. The average Bonchev–Trinajstić information content (AvgIpc) is 3.14. The van der Waals surface area contributed by atoms with E-state index in [-0.39, 0.29) is 6.10 Å². The van der Waals surface area contributed by atoms with Crippen LogP contribution < -0.4 is 10.1 Å². The van der Waals surface area contributed by atoms with Crippen LogP contribution in [0.25, 0.3) is 10.9 Å². The van der Waals surface area contributed by atoms with E-state index in [1.54, 1.807) is 25.6 Å². The summed E-state index contributed by atoms with van der Waals surface area (Å²) in [7, 11) is 3.77. The van der Waals surface area contributed by atoms with E-state index in [1.807, 2.05) is 24.3 Å². The van der Waals surface area contributed by atoms with Crippen LogP contribution >= 0.6 is 0 Å². The standard InChI is InChI=1S/C24H26N6O2/c1-29-14-17(19-8-7-18(31-2)13-21(19)29)15-30-11-12-32-22(16-30)20-5-3-6-23(27-20)28-24-25-9-4-10-26-24/h3-10,13-14,22H,11-12,15-16H2,1-2H3,(H,25,26,27,28)/t22-/m0/s1. The van der Waals surface area contributed by atoms with Gasteiger partial charge in [-0.2, -0.15) is 0 Å². The normalized spacial score (nSPS) is 16.9. The molecule has 0 bridgehead atoms. The number of methoxy groups -OCH3 is 1. The Morgan fingerprint density at radius 2 is 2.03 bits per heavy atom. The van der Waals surface area contributed by atoms with Crippen LogP contribution in [0.15, 0.2) is 61.1 Å². The molecule has 1 aliphatic rings. The van der Waals surface area contributed by atoms with E-state index in [0.29, 0.717) is 18.4 Å². The van der Waals surface area contributed by atoms with Gasteiger partial charge in [0, 0.05) is 56.7 Å². The van der Waals surface area contributed by atoms with E-state index in [2.05, 4.69) is 50.1 Å². The number of hydrogen-bond acceptors (Lipinski definition) is 7. The first-order valence-electron chi connectivity index (χ1n) is 10.7. The molecule has 1 saturated heterocycles. The third-order valence-corrected chi connectivity index (χ3v) is 5.73. The number of benzene rings is 1. The molecule has 1 aliphatic heterocycles. The van der Waals surface area contributed by atoms with Crippen LogP contribution in [0.2, 0.25) is 0 Å². The Kier molecular flexibility index (Phi) is 5.70. The minimum atomic E-state index is -0.0859. The number of anilines is 2. The highest BCUT2D eigenvalue weighted by molar-refractivity contribution is 5.85. The van der Waals surface area contributed by atoms with Crippen LogP contribution in [-0.4, -0.2) is 51.2 Å². The number of pyridine rings is 1. The van der Waals surface area contributed by atoms with Crippen molar-refractivity contribution in [3.05, 3.63) is 72.3 Å². The molecule has 164 valence electrons. The van der Waals surface area contributed by atoms with Crippen molar-refractivity contribution in [2.24, 2.45) is 7.05 Å². The summed E-state index contributed by atoms with van der Waals surface area (Å²) in [6.07, 6.45) is 5.52. The van der Waals surface area contributed by atoms with Crippen LogP contribution in [0.1, 0.15) is 17.4 Å². The summed E-state index contributed by atoms with van der Waals surface area (Å²) in [5.74, 6) is 2.10. The zero-order valence-corrected chi connectivity index (χ0v) is 18.2. The van der Waals surface area contributed by atoms with Gasteiger partial charge in [0.1, 0.15) is 17.7 Å². The minimum absolute atomic E-state index is 0.0859. The molecular weight excluding hydrogens is 404 g/mol. The molecule has 0 radical (unpaired) electrons. The highest BCUT2D eigenvalue weighted by Gasteiger charge is 2.24. The summed E-state index contributed by atoms with van der Waals surface area (Å²) >= 11 is 0. The lowest BCUT2D eigenvalue weighted by molar-refractivity contribution is -0.0348. The summed E-state index contributed by atoms with van der Waals surface area (Å²) in [6, 6.07) is 13.9. The van der Waals surface area contributed by atoms with Gasteiger partial charge in [-0.05, 0) is 35.9 Å². The van der Waals surface area contributed by atoms with Crippen molar-refractivity contribution < 1.29 is 9.47 Å². The summed E-state index contributed by atoms with van der Waals surface area (Å²) in [5.41, 5.74) is 3.38. The minimum Gasteiger partial charge on any atom is -0.497 e. The SMILES string of the molecule is COc1ccc2c(CN3CCO[C@H](c4cccc(Nc5ncccn5)n4)C3)cn(C)c2c1. The molecule has 0 amide bonds. The zero-order chi connectivity index (χ0) is 21.9. The first-order chi connectivity index (χ1) is 15.7. The van der Waals surface area contributed by atoms with E-state index < -0.39 is 0 Å². The maximum Gasteiger partial charge on any atom is 0.228 e. The molecule has 1 aromatic carbocycles. The van der Waals surface area contributed by atoms with Crippen LogP contribution in [0.3, 0.4) is 0 Å². The molecule has 4 aromatic rings. The van der Waals surface area contributed by atoms with Gasteiger partial charge in [0.25, 0.3) is 0 Å². The van der Waals surface area contributed by atoms with Crippen molar-refractivity contribution in [2.75, 3.05) is 32.1 Å². The highest BCUT2D eigenvalue weighted by Crippen LogP contribution is 2.28. The summed E-state index contributed by atoms with van der Waals surface area (Å²) in [6.45, 7) is 3.20. The van der Waals surface area contributed by atoms with Crippen molar-refractivity contribution >= 4 is 22.7 Å². The third-order valence-electron chi connectivity index (χ3n) is 5.73. The molecule has 4 heterocycles. The monoisotopic (exact) mass is 430 g/mol. The maximum atomic E-state index is 6.08. The van der Waals surface area contributed by atoms with Gasteiger partial charge in [-0.3, -0.25) is 4.90 Å². The number of aromatic nitrogens is 4. The van der Waals surface area contributed by atoms with Gasteiger partial charge in [-0.1, -0.05) is 6.07 Å². The van der Waals surface area contributed by atoms with Crippen molar-refractivity contribution in [1.29, 1.82) is 0 Å². The molecule has 5 rings (SSSR count). The summed E-state index contributed by atoms with van der Waals surface area (Å²) in [5, 5.41) is 4.40. The Morgan fingerprint density at radius 1 is 1.16 bits per heavy atom. The van der Waals surface area contributed by atoms with Crippen molar-refractivity contribution in [1.82, 2.24) is 24.4 Å². The third kappa shape index (κ3) is 4.28. The fourth-order valence-electron chi connectivity index (χ4n) is 4.15. The molecule has 1 atom stereocenters. The summed E-state index contributed by atoms with van der Waals surface area (Å²) < 4.78 is 13.6. The molecule has 0 aliphatic carbocycles. The van der Waals surface area contributed by atoms with Gasteiger partial charge >= 0.3 is 0 Å². The predicted molar refractivity (Wildman–Crippen MR) is 123 cm³/mol. The van der Waals surface area contributed by atoms with Gasteiger partial charge < -0.3 is 19.4 Å². The number of fused-ring (bicyclic) bond motifs is 1. The lowest BCUT2D eigenvalue weighted by Gasteiger charge is -2.32. The van der Waals surface area contributed by atoms with Crippen molar-refractivity contribution in [3.63, 3.8) is 0 Å². The first kappa shape index (κ1) is 20.4. The molecule has 3 aromatic heterocycles. The Balaban J connectivity index is 1.31. The van der Waals surface area contributed by atoms with E-state index >= 15 is 0 Å². The quantitative estimate of drug-likeness (QED) is 0.500. The number of ether oxygens (including phenoxy) is 2. The Labute approximate surface area is 186 Å². The van der Waals surface area contributed by atoms with Crippen molar-refractivity contribution in [3.8, 4) is 5.75 Å². The molecule has 0 unspecified atom stereocenters. The second kappa shape index (κ2) is 8.94. The molecule has 1 fully saturated rings. The van der Waals surface area contributed by atoms with Crippen LogP contribution in [0.5, 0.6) is 5.75 Å². The van der Waals surface area contributed by atoms with Gasteiger partial charge in [-0.25, -0.2) is 15.0 Å². The van der Waals surface area contributed by atoms with Crippen LogP contribution in [-0.2, 0) is 18.3 Å². The molecule has 0 spiro atoms. The number of rotatable bonds is 6. The number of nitrogens with one attached hydrogen (secondary N) is 1. The molecular formula is C24H26N6O2. The summed E-state index contributed by atoms with van der Waals surface area (Å²) in [4.78, 5) is 15.6. The topological polar surface area (TPSA) is 77.3 Å². The smallest absolute Gasteiger partial charge is 0.228 e. The Bertz CT molecular complexity index is 1210. The van der Waals surface area contributed by atoms with E-state index in [1.165, 1.54) is 16.5 Å². The fraction of sp³-hybridized carbons (Fsp3) is 0.292. The van der Waals surface area contributed by atoms with Crippen LogP contribution in [0.4, 0.5) is 11.8 Å².